The molecule has 0 unspecified atom stereocenters. The maximum atomic E-state index is 13.1. The molecule has 0 amide bonds. The van der Waals surface area contributed by atoms with Gasteiger partial charge >= 0.3 is 0 Å². The first-order valence-electron chi connectivity index (χ1n) is 5.45. The minimum atomic E-state index is -0.527. The van der Waals surface area contributed by atoms with Gasteiger partial charge in [-0.05, 0) is 25.1 Å². The molecule has 19 heavy (non-hydrogen) atoms. The summed E-state index contributed by atoms with van der Waals surface area (Å²) in [6.45, 7) is 1.70. The highest BCUT2D eigenvalue weighted by molar-refractivity contribution is 6.30. The molecule has 4 nitrogen and oxygen atoms in total. The highest BCUT2D eigenvalue weighted by atomic mass is 35.5. The highest BCUT2D eigenvalue weighted by Gasteiger charge is 2.09. The van der Waals surface area contributed by atoms with Crippen molar-refractivity contribution >= 4 is 11.6 Å². The van der Waals surface area contributed by atoms with Crippen molar-refractivity contribution in [1.29, 1.82) is 5.26 Å². The first-order valence-corrected chi connectivity index (χ1v) is 5.83. The van der Waals surface area contributed by atoms with Crippen LogP contribution in [0.4, 0.5) is 4.39 Å². The quantitative estimate of drug-likeness (QED) is 0.847. The highest BCUT2D eigenvalue weighted by Crippen LogP contribution is 2.19. The van der Waals surface area contributed by atoms with Crippen molar-refractivity contribution in [3.05, 3.63) is 56.7 Å². The zero-order valence-corrected chi connectivity index (χ0v) is 10.8. The predicted molar refractivity (Wildman–Crippen MR) is 68.9 cm³/mol. The molecule has 0 bridgehead atoms. The Kier molecular flexibility index (Phi) is 3.63. The molecular weight excluding hydrogens is 269 g/mol. The van der Waals surface area contributed by atoms with E-state index in [4.69, 9.17) is 16.9 Å². The van der Waals surface area contributed by atoms with Gasteiger partial charge in [-0.25, -0.2) is 9.07 Å². The van der Waals surface area contributed by atoms with Gasteiger partial charge in [0.05, 0.1) is 23.2 Å². The van der Waals surface area contributed by atoms with Gasteiger partial charge in [-0.15, -0.1) is 0 Å². The van der Waals surface area contributed by atoms with E-state index in [0.29, 0.717) is 11.4 Å². The standard InChI is InChI=1S/C13H9ClFN3O/c1-8-6-13(19)12(4-5-16)17-18(8)9-2-3-11(15)10(14)7-9/h2-3,6-7H,4H2,1H3. The molecule has 0 spiro atoms. The lowest BCUT2D eigenvalue weighted by Crippen LogP contribution is -2.18. The summed E-state index contributed by atoms with van der Waals surface area (Å²) in [5, 5.41) is 12.7. The first kappa shape index (κ1) is 13.2. The van der Waals surface area contributed by atoms with Gasteiger partial charge in [0, 0.05) is 11.8 Å². The molecule has 96 valence electrons. The molecule has 0 fully saturated rings. The van der Waals surface area contributed by atoms with Crippen LogP contribution in [0.3, 0.4) is 0 Å². The maximum Gasteiger partial charge on any atom is 0.204 e. The zero-order chi connectivity index (χ0) is 14.0. The fraction of sp³-hybridized carbons (Fsp3) is 0.154. The topological polar surface area (TPSA) is 58.7 Å². The van der Waals surface area contributed by atoms with Crippen LogP contribution in [0.5, 0.6) is 0 Å². The second-order valence-electron chi connectivity index (χ2n) is 3.94. The van der Waals surface area contributed by atoms with Gasteiger partial charge in [-0.1, -0.05) is 11.6 Å². The molecule has 1 heterocycles. The Balaban J connectivity index is 2.61. The minimum absolute atomic E-state index is 0.0285. The summed E-state index contributed by atoms with van der Waals surface area (Å²) in [7, 11) is 0. The molecule has 0 aliphatic heterocycles. The molecule has 0 aliphatic rings. The molecule has 6 heteroatoms. The van der Waals surface area contributed by atoms with E-state index >= 15 is 0 Å². The average Bonchev–Trinajstić information content (AvgIpc) is 2.36. The Labute approximate surface area is 113 Å². The van der Waals surface area contributed by atoms with Gasteiger partial charge in [0.2, 0.25) is 5.43 Å². The van der Waals surface area contributed by atoms with Crippen LogP contribution in [-0.4, -0.2) is 9.78 Å². The number of aromatic nitrogens is 2. The molecular formula is C13H9ClFN3O. The summed E-state index contributed by atoms with van der Waals surface area (Å²) in [4.78, 5) is 11.6. The molecule has 0 radical (unpaired) electrons. The van der Waals surface area contributed by atoms with Gasteiger partial charge in [0.15, 0.2) is 0 Å². The number of rotatable bonds is 2. The van der Waals surface area contributed by atoms with Crippen LogP contribution in [0.15, 0.2) is 29.1 Å². The van der Waals surface area contributed by atoms with Gasteiger partial charge < -0.3 is 0 Å². The summed E-state index contributed by atoms with van der Waals surface area (Å²) >= 11 is 5.72. The van der Waals surface area contributed by atoms with E-state index in [0.717, 1.165) is 0 Å². The van der Waals surface area contributed by atoms with Crippen molar-refractivity contribution in [3.63, 3.8) is 0 Å². The van der Waals surface area contributed by atoms with Crippen LogP contribution in [0.1, 0.15) is 11.4 Å². The summed E-state index contributed by atoms with van der Waals surface area (Å²) < 4.78 is 14.6. The third-order valence-electron chi connectivity index (χ3n) is 2.57. The van der Waals surface area contributed by atoms with Crippen LogP contribution < -0.4 is 5.43 Å². The van der Waals surface area contributed by atoms with E-state index < -0.39 is 5.82 Å². The van der Waals surface area contributed by atoms with Gasteiger partial charge in [0.25, 0.3) is 0 Å². The Morgan fingerprint density at radius 3 is 2.84 bits per heavy atom. The van der Waals surface area contributed by atoms with Crippen molar-refractivity contribution in [1.82, 2.24) is 9.78 Å². The second kappa shape index (κ2) is 5.21. The lowest BCUT2D eigenvalue weighted by atomic mass is 10.2. The molecule has 0 saturated heterocycles. The summed E-state index contributed by atoms with van der Waals surface area (Å²) in [5.74, 6) is -0.527. The summed E-state index contributed by atoms with van der Waals surface area (Å²) in [6.07, 6.45) is -0.0754. The van der Waals surface area contributed by atoms with Crippen molar-refractivity contribution in [2.75, 3.05) is 0 Å². The van der Waals surface area contributed by atoms with Gasteiger partial charge in [-0.2, -0.15) is 10.4 Å². The van der Waals surface area contributed by atoms with Gasteiger partial charge in [0.1, 0.15) is 11.5 Å². The van der Waals surface area contributed by atoms with Crippen LogP contribution in [0, 0.1) is 24.1 Å². The Morgan fingerprint density at radius 1 is 1.47 bits per heavy atom. The third kappa shape index (κ3) is 2.64. The van der Waals surface area contributed by atoms with E-state index in [1.165, 1.54) is 28.9 Å². The average molecular weight is 278 g/mol. The Hall–Kier alpha value is -2.19. The smallest absolute Gasteiger partial charge is 0.204 e. The number of hydrogen-bond donors (Lipinski definition) is 0. The second-order valence-corrected chi connectivity index (χ2v) is 4.35. The summed E-state index contributed by atoms with van der Waals surface area (Å²) in [5.41, 5.74) is 0.967. The van der Waals surface area contributed by atoms with Crippen LogP contribution in [0.2, 0.25) is 5.02 Å². The lowest BCUT2D eigenvalue weighted by Gasteiger charge is -2.10. The number of aryl methyl sites for hydroxylation is 1. The first-order chi connectivity index (χ1) is 9.02. The third-order valence-corrected chi connectivity index (χ3v) is 2.86. The molecule has 0 N–H and O–H groups in total. The number of hydrogen-bond acceptors (Lipinski definition) is 3. The van der Waals surface area contributed by atoms with Crippen molar-refractivity contribution in [3.8, 4) is 11.8 Å². The molecule has 0 aliphatic carbocycles. The zero-order valence-electron chi connectivity index (χ0n) is 10.0. The van der Waals surface area contributed by atoms with Crippen LogP contribution >= 0.6 is 11.6 Å². The van der Waals surface area contributed by atoms with E-state index in [2.05, 4.69) is 5.10 Å². The van der Waals surface area contributed by atoms with Crippen LogP contribution in [-0.2, 0) is 6.42 Å². The maximum absolute atomic E-state index is 13.1. The lowest BCUT2D eigenvalue weighted by molar-refractivity contribution is 0.627. The van der Waals surface area contributed by atoms with Crippen molar-refractivity contribution < 1.29 is 4.39 Å². The summed E-state index contributed by atoms with van der Waals surface area (Å²) in [6, 6.07) is 7.41. The van der Waals surface area contributed by atoms with Gasteiger partial charge in [-0.3, -0.25) is 4.79 Å². The Bertz CT molecular complexity index is 734. The van der Waals surface area contributed by atoms with Crippen molar-refractivity contribution in [2.45, 2.75) is 13.3 Å². The number of benzene rings is 1. The monoisotopic (exact) mass is 277 g/mol. The van der Waals surface area contributed by atoms with E-state index in [1.807, 2.05) is 6.07 Å². The normalized spacial score (nSPS) is 10.2. The van der Waals surface area contributed by atoms with E-state index in [-0.39, 0.29) is 22.6 Å². The Morgan fingerprint density at radius 2 is 2.21 bits per heavy atom. The molecule has 2 rings (SSSR count). The number of halogens is 2. The predicted octanol–water partition coefficient (Wildman–Crippen LogP) is 2.40. The molecule has 2 aromatic rings. The fourth-order valence-electron chi connectivity index (χ4n) is 1.66. The molecule has 0 saturated carbocycles. The molecule has 1 aromatic heterocycles. The minimum Gasteiger partial charge on any atom is -0.288 e. The fourth-order valence-corrected chi connectivity index (χ4v) is 1.83. The van der Waals surface area contributed by atoms with Crippen molar-refractivity contribution in [2.24, 2.45) is 0 Å². The molecule has 1 aromatic carbocycles. The van der Waals surface area contributed by atoms with E-state index in [1.54, 1.807) is 6.92 Å². The van der Waals surface area contributed by atoms with Crippen LogP contribution in [0.25, 0.3) is 5.69 Å². The molecule has 0 atom stereocenters. The van der Waals surface area contributed by atoms with E-state index in [9.17, 15) is 9.18 Å². The number of nitrogens with zero attached hydrogens (tertiary/aromatic N) is 3. The largest absolute Gasteiger partial charge is 0.288 e. The SMILES string of the molecule is Cc1cc(=O)c(CC#N)nn1-c1ccc(F)c(Cl)c1. The number of nitriles is 1.